The van der Waals surface area contributed by atoms with E-state index in [-0.39, 0.29) is 11.0 Å². The van der Waals surface area contributed by atoms with Crippen molar-refractivity contribution in [2.24, 2.45) is 5.40 Å². The van der Waals surface area contributed by atoms with E-state index in [1.807, 2.05) is 512 Å². The van der Waals surface area contributed by atoms with Crippen LogP contribution in [0, 0.1) is 15.2 Å². The lowest BCUT2D eigenvalue weighted by Gasteiger charge is -1.80. The summed E-state index contributed by atoms with van der Waals surface area (Å²) in [4.78, 5) is 0. The molecule has 0 aliphatic carbocycles. The number of hydrogen-bond acceptors (Lipinski definition) is 5. The first-order chi connectivity index (χ1) is 41.6. The Morgan fingerprint density at radius 1 is 0.200 bits per heavy atom. The number of nitrogens with one attached hydrogen (secondary N) is 3. The predicted molar refractivity (Wildman–Crippen MR) is 469 cm³/mol. The molecule has 5 N–H and O–H groups in total. The predicted octanol–water partition coefficient (Wildman–Crippen LogP) is 34.8. The molecule has 11 heteroatoms. The molecule has 0 bridgehead atoms. The third-order valence-electron chi connectivity index (χ3n) is 0.435. The van der Waals surface area contributed by atoms with Gasteiger partial charge in [-0.1, -0.05) is 512 Å². The molecule has 0 saturated heterocycles. The van der Waals surface area contributed by atoms with Crippen molar-refractivity contribution in [2.45, 2.75) is 512 Å². The zero-order valence-corrected chi connectivity index (χ0v) is 83.1. The largest absolute Gasteiger partial charge is 0.549 e. The molecule has 0 fully saturated rings. The van der Waals surface area contributed by atoms with Crippen molar-refractivity contribution >= 4 is 45.0 Å². The Kier molecular flexibility index (Phi) is 32300. The van der Waals surface area contributed by atoms with Crippen LogP contribution >= 0.6 is 0 Å². The van der Waals surface area contributed by atoms with Crippen LogP contribution in [0.5, 0.6) is 0 Å². The molecule has 0 amide bonds. The van der Waals surface area contributed by atoms with E-state index in [0.29, 0.717) is 0 Å². The molecule has 580 valence electrons. The molecule has 0 aromatic rings. The molecule has 0 spiro atoms. The molecule has 0 unspecified atom stereocenters. The first-order valence-electron chi connectivity index (χ1n) is 39.0. The van der Waals surface area contributed by atoms with Crippen molar-refractivity contribution < 1.29 is 8.92 Å². The summed E-state index contributed by atoms with van der Waals surface area (Å²) in [6.07, 6.45) is 0. The summed E-state index contributed by atoms with van der Waals surface area (Å²) in [5.41, 5.74) is 0. The second-order valence-corrected chi connectivity index (χ2v) is 10.7. The summed E-state index contributed by atoms with van der Waals surface area (Å²) in [6, 6.07) is 0. The maximum absolute atomic E-state index is 8.40. The fourth-order valence-electron chi connectivity index (χ4n) is 0.0778. The van der Waals surface area contributed by atoms with Gasteiger partial charge in [-0.2, -0.15) is 0 Å². The molecular weight excluding hydrogens is 1120 g/mol. The SMILES string of the molecule is CC.CC.CC.CC.CC.CC.CC.CC.CC.CC.CC.CC.CC.CC.CC.CC.CC.CC.CC.CC.CC.CC.CC.CC.CC.CC.CC.CC.CC.CC.CC.CC.CC.CC.CC.CC.CC.N=[SiH][Si](=N)[Si](=N)N.O=[Si]=O.[SiH4]. The summed E-state index contributed by atoms with van der Waals surface area (Å²) < 4.78 is 16.8. The van der Waals surface area contributed by atoms with Crippen LogP contribution in [-0.4, -0.2) is 45.0 Å². The third-order valence-corrected chi connectivity index (χ3v) is 8.01. The van der Waals surface area contributed by atoms with E-state index in [1.54, 1.807) is 0 Å². The van der Waals surface area contributed by atoms with Gasteiger partial charge in [-0.3, -0.25) is 8.92 Å². The summed E-state index contributed by atoms with van der Waals surface area (Å²) in [5.74, 6) is 0. The van der Waals surface area contributed by atoms with Gasteiger partial charge in [0.1, 0.15) is 8.83 Å². The van der Waals surface area contributed by atoms with Gasteiger partial charge in [-0.05, 0) is 11.0 Å². The molecule has 0 aromatic heterocycles. The quantitative estimate of drug-likeness (QED) is 0.205. The molecule has 0 aliphatic heterocycles. The fourth-order valence-corrected chi connectivity index (χ4v) is 2.10. The van der Waals surface area contributed by atoms with Gasteiger partial charge in [0, 0.05) is 0 Å². The van der Waals surface area contributed by atoms with Crippen LogP contribution in [0.2, 0.25) is 0 Å². The zero-order chi connectivity index (χ0) is 82.6. The van der Waals surface area contributed by atoms with Gasteiger partial charge in [0.2, 0.25) is 0 Å². The summed E-state index contributed by atoms with van der Waals surface area (Å²) in [5, 5.41) is 25.6. The van der Waals surface area contributed by atoms with Crippen molar-refractivity contribution in [3.8, 4) is 0 Å². The fraction of sp³-hybridized carbons (Fsp3) is 1.00. The van der Waals surface area contributed by atoms with Gasteiger partial charge in [-0.25, -0.2) is 0 Å². The zero-order valence-electron chi connectivity index (χ0n) is 79.0. The van der Waals surface area contributed by atoms with Crippen molar-refractivity contribution in [1.29, 1.82) is 15.2 Å². The van der Waals surface area contributed by atoms with Gasteiger partial charge >= 0.3 is 9.29 Å². The minimum Gasteiger partial charge on any atom is -0.419 e. The highest BCUT2D eigenvalue weighted by molar-refractivity contribution is 7.31. The summed E-state index contributed by atoms with van der Waals surface area (Å²) in [6.45, 7) is 148. The summed E-state index contributed by atoms with van der Waals surface area (Å²) >= 11 is 0. The van der Waals surface area contributed by atoms with Gasteiger partial charge in [0.15, 0.2) is 7.62 Å². The van der Waals surface area contributed by atoms with Crippen molar-refractivity contribution in [3.05, 3.63) is 0 Å². The second-order valence-electron chi connectivity index (χ2n) is 1.06. The van der Waals surface area contributed by atoms with Crippen LogP contribution < -0.4 is 5.40 Å². The second kappa shape index (κ2) is 9270. The minimum atomic E-state index is -1.60. The molecule has 0 rings (SSSR count). The lowest BCUT2D eigenvalue weighted by Crippen LogP contribution is -2.29. The third kappa shape index (κ3) is 16200. The smallest absolute Gasteiger partial charge is 0.419 e. The monoisotopic (exact) mass is 1350 g/mol. The van der Waals surface area contributed by atoms with Crippen LogP contribution in [-0.2, 0) is 8.92 Å². The van der Waals surface area contributed by atoms with Crippen LogP contribution in [0.3, 0.4) is 0 Å². The minimum absolute atomic E-state index is 0. The Balaban J connectivity index is -0.00000000648. The highest BCUT2D eigenvalue weighted by Crippen LogP contribution is 1.51. The Morgan fingerprint density at radius 3 is 0.235 bits per heavy atom. The van der Waals surface area contributed by atoms with Gasteiger partial charge < -0.3 is 20.6 Å². The molecule has 0 atom stereocenters. The van der Waals surface area contributed by atoms with Crippen LogP contribution in [0.4, 0.5) is 0 Å². The van der Waals surface area contributed by atoms with Gasteiger partial charge in [0.05, 0.1) is 0 Å². The van der Waals surface area contributed by atoms with E-state index in [0.717, 1.165) is 0 Å². The van der Waals surface area contributed by atoms with Crippen LogP contribution in [0.15, 0.2) is 0 Å². The lowest BCUT2D eigenvalue weighted by molar-refractivity contribution is 0.497. The molecule has 0 aromatic carbocycles. The Labute approximate surface area is 583 Å². The van der Waals surface area contributed by atoms with Crippen molar-refractivity contribution in [1.82, 2.24) is 0 Å². The number of rotatable bonds is 2. The van der Waals surface area contributed by atoms with Gasteiger partial charge in [-0.15, -0.1) is 0 Å². The Hall–Kier alpha value is -0.116. The molecule has 0 aliphatic rings. The Bertz CT molecular complexity index is 228. The highest BCUT2D eigenvalue weighted by Gasteiger charge is 1.97. The van der Waals surface area contributed by atoms with E-state index in [2.05, 4.69) is 0 Å². The molecule has 0 saturated carbocycles. The maximum atomic E-state index is 8.40. The van der Waals surface area contributed by atoms with E-state index < -0.39 is 34.0 Å². The number of nitrogens with two attached hydrogens (primary N) is 1. The standard InChI is InChI=1S/37C2H6.H6N4Si3.O2Si.H4Si/c37*1-2;1-5-7(4)6(2)3;1-3-2;/h37*1-2H3;1-2,4-5H,3H2;;1H4. The molecule has 6 nitrogen and oxygen atoms in total. The maximum Gasteiger partial charge on any atom is 0.549 e. The van der Waals surface area contributed by atoms with Crippen molar-refractivity contribution in [3.63, 3.8) is 0 Å². The molecular formula is C74H232N4O2Si5. The number of hydrogen-bond donors (Lipinski definition) is 4. The lowest BCUT2D eigenvalue weighted by atomic mass is 11.0. The first kappa shape index (κ1) is 296. The Morgan fingerprint density at radius 2 is 0.235 bits per heavy atom. The van der Waals surface area contributed by atoms with E-state index in [1.165, 1.54) is 0 Å². The highest BCUT2D eigenvalue weighted by atomic mass is 29.5. The van der Waals surface area contributed by atoms with Crippen molar-refractivity contribution in [2.75, 3.05) is 0 Å². The normalized spacial score (nSPS) is 3.32. The van der Waals surface area contributed by atoms with Crippen LogP contribution in [0.1, 0.15) is 512 Å². The van der Waals surface area contributed by atoms with Gasteiger partial charge in [0.25, 0.3) is 8.27 Å². The summed E-state index contributed by atoms with van der Waals surface area (Å²) in [7, 11) is -4.96. The van der Waals surface area contributed by atoms with Crippen LogP contribution in [0.25, 0.3) is 0 Å². The first-order valence-corrected chi connectivity index (χ1v) is 46.3. The van der Waals surface area contributed by atoms with E-state index in [9.17, 15) is 0 Å². The van der Waals surface area contributed by atoms with E-state index in [4.69, 9.17) is 29.5 Å². The molecule has 0 radical (unpaired) electrons. The topological polar surface area (TPSA) is 132 Å². The average molecular weight is 1350 g/mol. The van der Waals surface area contributed by atoms with E-state index >= 15 is 0 Å². The molecule has 85 heavy (non-hydrogen) atoms. The molecule has 0 heterocycles. The average Bonchev–Trinajstić information content (AvgIpc) is 3.71.